The largest absolute Gasteiger partial charge is 0.388 e. The summed E-state index contributed by atoms with van der Waals surface area (Å²) in [6.07, 6.45) is -4.35. The molecule has 0 aliphatic carbocycles. The first-order valence-corrected chi connectivity index (χ1v) is 3.51. The summed E-state index contributed by atoms with van der Waals surface area (Å²) in [7, 11) is 0. The standard InChI is InChI=1S/C6H10O5/c7-2-1-10-6-4(9)3(8)5(2)11-6/h2-9H,1H2/t2?,3-,4-,5-,6-/m1/s1. The fraction of sp³-hybridized carbons (Fsp3) is 1.00. The van der Waals surface area contributed by atoms with Crippen molar-refractivity contribution in [2.45, 2.75) is 30.7 Å². The highest BCUT2D eigenvalue weighted by Gasteiger charge is 2.50. The van der Waals surface area contributed by atoms with Crippen molar-refractivity contribution in [2.75, 3.05) is 6.61 Å². The number of hydrogen-bond acceptors (Lipinski definition) is 5. The van der Waals surface area contributed by atoms with Crippen LogP contribution in [0.1, 0.15) is 0 Å². The molecular weight excluding hydrogens is 152 g/mol. The van der Waals surface area contributed by atoms with Crippen molar-refractivity contribution >= 4 is 0 Å². The third-order valence-corrected chi connectivity index (χ3v) is 2.07. The molecule has 1 unspecified atom stereocenters. The van der Waals surface area contributed by atoms with Crippen molar-refractivity contribution in [3.8, 4) is 0 Å². The zero-order valence-electron chi connectivity index (χ0n) is 5.75. The van der Waals surface area contributed by atoms with Crippen molar-refractivity contribution in [1.29, 1.82) is 0 Å². The molecule has 3 N–H and O–H groups in total. The summed E-state index contributed by atoms with van der Waals surface area (Å²) < 4.78 is 9.84. The van der Waals surface area contributed by atoms with E-state index in [-0.39, 0.29) is 6.61 Å². The molecule has 5 heteroatoms. The molecule has 2 aliphatic rings. The van der Waals surface area contributed by atoms with Gasteiger partial charge in [0.25, 0.3) is 0 Å². The summed E-state index contributed by atoms with van der Waals surface area (Å²) in [6.45, 7) is 0.115. The number of hydrogen-bond donors (Lipinski definition) is 3. The van der Waals surface area contributed by atoms with Crippen molar-refractivity contribution < 1.29 is 24.8 Å². The Bertz CT molecular complexity index is 161. The van der Waals surface area contributed by atoms with Gasteiger partial charge in [-0.2, -0.15) is 0 Å². The molecule has 2 bridgehead atoms. The van der Waals surface area contributed by atoms with Gasteiger partial charge in [0, 0.05) is 0 Å². The first-order chi connectivity index (χ1) is 5.20. The third-order valence-electron chi connectivity index (χ3n) is 2.07. The van der Waals surface area contributed by atoms with Crippen LogP contribution in [0.4, 0.5) is 0 Å². The molecular formula is C6H10O5. The molecule has 0 aromatic carbocycles. The minimum Gasteiger partial charge on any atom is -0.388 e. The van der Waals surface area contributed by atoms with Gasteiger partial charge < -0.3 is 24.8 Å². The number of fused-ring (bicyclic) bond motifs is 2. The second-order valence-corrected chi connectivity index (χ2v) is 2.85. The molecule has 2 aliphatic heterocycles. The van der Waals surface area contributed by atoms with Gasteiger partial charge >= 0.3 is 0 Å². The summed E-state index contributed by atoms with van der Waals surface area (Å²) >= 11 is 0. The second-order valence-electron chi connectivity index (χ2n) is 2.85. The van der Waals surface area contributed by atoms with E-state index in [4.69, 9.17) is 14.6 Å². The summed E-state index contributed by atoms with van der Waals surface area (Å²) in [4.78, 5) is 0. The fourth-order valence-corrected chi connectivity index (χ4v) is 1.42. The van der Waals surface area contributed by atoms with Crippen molar-refractivity contribution in [1.82, 2.24) is 0 Å². The van der Waals surface area contributed by atoms with E-state index in [9.17, 15) is 10.2 Å². The van der Waals surface area contributed by atoms with Crippen molar-refractivity contribution in [2.24, 2.45) is 0 Å². The van der Waals surface area contributed by atoms with Crippen LogP contribution in [-0.2, 0) is 9.47 Å². The smallest absolute Gasteiger partial charge is 0.186 e. The average molecular weight is 162 g/mol. The second kappa shape index (κ2) is 2.40. The molecule has 0 spiro atoms. The van der Waals surface area contributed by atoms with E-state index in [1.807, 2.05) is 0 Å². The lowest BCUT2D eigenvalue weighted by molar-refractivity contribution is -0.233. The lowest BCUT2D eigenvalue weighted by atomic mass is 10.1. The molecule has 0 radical (unpaired) electrons. The highest BCUT2D eigenvalue weighted by molar-refractivity contribution is 4.93. The minimum absolute atomic E-state index is 0.115. The molecule has 5 nitrogen and oxygen atoms in total. The molecule has 11 heavy (non-hydrogen) atoms. The number of aliphatic hydroxyl groups is 3. The third kappa shape index (κ3) is 0.969. The summed E-state index contributed by atoms with van der Waals surface area (Å²) in [6, 6.07) is 0. The van der Waals surface area contributed by atoms with E-state index in [0.29, 0.717) is 0 Å². The lowest BCUT2D eigenvalue weighted by Gasteiger charge is -2.25. The molecule has 64 valence electrons. The Morgan fingerprint density at radius 1 is 1.09 bits per heavy atom. The Hall–Kier alpha value is -0.200. The topological polar surface area (TPSA) is 79.2 Å². The van der Waals surface area contributed by atoms with Gasteiger partial charge in [-0.3, -0.25) is 0 Å². The van der Waals surface area contributed by atoms with Crippen LogP contribution in [0.3, 0.4) is 0 Å². The first kappa shape index (κ1) is 7.45. The van der Waals surface area contributed by atoms with E-state index in [0.717, 1.165) is 0 Å². The van der Waals surface area contributed by atoms with Crippen LogP contribution in [0.15, 0.2) is 0 Å². The quantitative estimate of drug-likeness (QED) is 0.377. The van der Waals surface area contributed by atoms with Crippen LogP contribution in [0, 0.1) is 0 Å². The Kier molecular flexibility index (Phi) is 1.62. The molecule has 2 saturated heterocycles. The van der Waals surface area contributed by atoms with Crippen LogP contribution < -0.4 is 0 Å². The van der Waals surface area contributed by atoms with E-state index < -0.39 is 30.7 Å². The normalized spacial score (nSPS) is 56.5. The van der Waals surface area contributed by atoms with Gasteiger partial charge in [-0.05, 0) is 0 Å². The van der Waals surface area contributed by atoms with Crippen LogP contribution in [-0.4, -0.2) is 52.6 Å². The van der Waals surface area contributed by atoms with Gasteiger partial charge in [-0.1, -0.05) is 0 Å². The number of ether oxygens (including phenoxy) is 2. The molecule has 0 aromatic heterocycles. The Labute approximate surface area is 63.2 Å². The van der Waals surface area contributed by atoms with Gasteiger partial charge in [-0.15, -0.1) is 0 Å². The van der Waals surface area contributed by atoms with Crippen LogP contribution in [0.25, 0.3) is 0 Å². The molecule has 2 rings (SSSR count). The van der Waals surface area contributed by atoms with Crippen molar-refractivity contribution in [3.05, 3.63) is 0 Å². The average Bonchev–Trinajstić information content (AvgIpc) is 2.24. The zero-order valence-corrected chi connectivity index (χ0v) is 5.75. The predicted molar refractivity (Wildman–Crippen MR) is 32.6 cm³/mol. The van der Waals surface area contributed by atoms with E-state index >= 15 is 0 Å². The molecule has 0 amide bonds. The maximum absolute atomic E-state index is 9.22. The van der Waals surface area contributed by atoms with Crippen LogP contribution in [0.2, 0.25) is 0 Å². The molecule has 2 heterocycles. The highest BCUT2D eigenvalue weighted by atomic mass is 16.7. The summed E-state index contributed by atoms with van der Waals surface area (Å²) in [5.74, 6) is 0. The van der Waals surface area contributed by atoms with Gasteiger partial charge in [-0.25, -0.2) is 0 Å². The van der Waals surface area contributed by atoms with Crippen LogP contribution in [0.5, 0.6) is 0 Å². The van der Waals surface area contributed by atoms with E-state index in [1.165, 1.54) is 0 Å². The lowest BCUT2D eigenvalue weighted by Crippen LogP contribution is -2.41. The Balaban J connectivity index is 2.16. The minimum atomic E-state index is -1.03. The SMILES string of the molecule is OC1CO[C@@H]2O[C@H]1[C@H](O)[C@H]2O. The Morgan fingerprint density at radius 2 is 1.82 bits per heavy atom. The Morgan fingerprint density at radius 3 is 2.45 bits per heavy atom. The maximum atomic E-state index is 9.22. The molecule has 5 atom stereocenters. The van der Waals surface area contributed by atoms with Gasteiger partial charge in [0.1, 0.15) is 24.4 Å². The van der Waals surface area contributed by atoms with Gasteiger partial charge in [0.15, 0.2) is 6.29 Å². The van der Waals surface area contributed by atoms with E-state index in [1.54, 1.807) is 0 Å². The molecule has 2 fully saturated rings. The highest BCUT2D eigenvalue weighted by Crippen LogP contribution is 2.28. The monoisotopic (exact) mass is 162 g/mol. The number of aliphatic hydroxyl groups excluding tert-OH is 3. The fourth-order valence-electron chi connectivity index (χ4n) is 1.42. The zero-order chi connectivity index (χ0) is 8.01. The predicted octanol–water partition coefficient (Wildman–Crippen LogP) is -2.18. The summed E-state index contributed by atoms with van der Waals surface area (Å²) in [5, 5.41) is 27.6. The molecule has 0 saturated carbocycles. The van der Waals surface area contributed by atoms with E-state index in [2.05, 4.69) is 0 Å². The van der Waals surface area contributed by atoms with Crippen molar-refractivity contribution in [3.63, 3.8) is 0 Å². The molecule has 0 aromatic rings. The van der Waals surface area contributed by atoms with Crippen LogP contribution >= 0.6 is 0 Å². The summed E-state index contributed by atoms with van der Waals surface area (Å²) in [5.41, 5.74) is 0. The van der Waals surface area contributed by atoms with Gasteiger partial charge in [0.2, 0.25) is 0 Å². The number of rotatable bonds is 0. The van der Waals surface area contributed by atoms with Gasteiger partial charge in [0.05, 0.1) is 6.61 Å². The first-order valence-electron chi connectivity index (χ1n) is 3.51. The maximum Gasteiger partial charge on any atom is 0.186 e.